The highest BCUT2D eigenvalue weighted by atomic mass is 19.4. The van der Waals surface area contributed by atoms with Crippen molar-refractivity contribution in [3.63, 3.8) is 0 Å². The molecule has 1 aliphatic carbocycles. The van der Waals surface area contributed by atoms with Gasteiger partial charge in [-0.1, -0.05) is 41.6 Å². The average Bonchev–Trinajstić information content (AvgIpc) is 3.47. The number of nitrogens with one attached hydrogen (secondary N) is 2. The molecule has 1 unspecified atom stereocenters. The number of hydrogen-bond donors (Lipinski definition) is 2. The number of anilines is 1. The Labute approximate surface area is 229 Å². The van der Waals surface area contributed by atoms with Crippen LogP contribution in [0.5, 0.6) is 0 Å². The molecular formula is C29H31F3N6O2. The molecule has 4 aromatic rings. The van der Waals surface area contributed by atoms with Crippen molar-refractivity contribution in [1.82, 2.24) is 24.9 Å². The summed E-state index contributed by atoms with van der Waals surface area (Å²) in [5.74, 6) is 0.145. The summed E-state index contributed by atoms with van der Waals surface area (Å²) in [5.41, 5.74) is 2.55. The largest absolute Gasteiger partial charge is 0.406 e. The highest BCUT2D eigenvalue weighted by Gasteiger charge is 2.43. The second kappa shape index (κ2) is 10.6. The van der Waals surface area contributed by atoms with Crippen LogP contribution in [0.2, 0.25) is 0 Å². The number of piperidine rings is 1. The zero-order valence-electron chi connectivity index (χ0n) is 22.1. The molecule has 2 aliphatic rings. The monoisotopic (exact) mass is 552 g/mol. The van der Waals surface area contributed by atoms with Gasteiger partial charge in [-0.3, -0.25) is 4.79 Å². The first kappa shape index (κ1) is 26.4. The number of carbonyl (C=O) groups excluding carboxylic acids is 1. The molecule has 2 N–H and O–H groups in total. The second-order valence-corrected chi connectivity index (χ2v) is 10.8. The number of fused-ring (bicyclic) bond motifs is 1. The van der Waals surface area contributed by atoms with Gasteiger partial charge >= 0.3 is 6.18 Å². The van der Waals surface area contributed by atoms with Crippen LogP contribution < -0.4 is 10.6 Å². The van der Waals surface area contributed by atoms with Gasteiger partial charge in [0.05, 0.1) is 17.8 Å². The Kier molecular flexibility index (Phi) is 6.99. The smallest absolute Gasteiger partial charge is 0.382 e. The van der Waals surface area contributed by atoms with Gasteiger partial charge in [0.2, 0.25) is 17.6 Å². The molecule has 0 spiro atoms. The van der Waals surface area contributed by atoms with Crippen molar-refractivity contribution in [2.45, 2.75) is 50.5 Å². The Morgan fingerprint density at radius 2 is 1.88 bits per heavy atom. The summed E-state index contributed by atoms with van der Waals surface area (Å²) in [7, 11) is 2.08. The Bertz CT molecular complexity index is 1490. The van der Waals surface area contributed by atoms with Crippen LogP contribution in [0.25, 0.3) is 22.4 Å². The predicted molar refractivity (Wildman–Crippen MR) is 145 cm³/mol. The zero-order chi connectivity index (χ0) is 27.9. The Morgan fingerprint density at radius 1 is 1.10 bits per heavy atom. The third-order valence-electron chi connectivity index (χ3n) is 7.83. The molecule has 8 nitrogen and oxygen atoms in total. The van der Waals surface area contributed by atoms with Crippen LogP contribution in [0.15, 0.2) is 59.1 Å². The number of nitrogens with zero attached hydrogens (tertiary/aromatic N) is 4. The summed E-state index contributed by atoms with van der Waals surface area (Å²) in [4.78, 5) is 19.3. The minimum absolute atomic E-state index is 0.00622. The fourth-order valence-corrected chi connectivity index (χ4v) is 5.60. The van der Waals surface area contributed by atoms with Crippen molar-refractivity contribution in [2.75, 3.05) is 25.5 Å². The van der Waals surface area contributed by atoms with Crippen LogP contribution in [0, 0.1) is 5.92 Å². The van der Waals surface area contributed by atoms with Crippen molar-refractivity contribution >= 4 is 22.5 Å². The van der Waals surface area contributed by atoms with E-state index in [2.05, 4.69) is 32.7 Å². The Hall–Kier alpha value is -3.86. The highest BCUT2D eigenvalue weighted by molar-refractivity contribution is 5.96. The van der Waals surface area contributed by atoms with Gasteiger partial charge in [0.25, 0.3) is 0 Å². The van der Waals surface area contributed by atoms with Gasteiger partial charge in [-0.2, -0.15) is 18.2 Å². The maximum Gasteiger partial charge on any atom is 0.406 e. The quantitative estimate of drug-likeness (QED) is 0.313. The van der Waals surface area contributed by atoms with Crippen molar-refractivity contribution in [1.29, 1.82) is 0 Å². The lowest BCUT2D eigenvalue weighted by molar-refractivity contribution is -0.139. The number of alkyl halides is 3. The number of halogens is 3. The molecule has 11 heteroatoms. The van der Waals surface area contributed by atoms with Crippen LogP contribution in [-0.4, -0.2) is 57.9 Å². The first-order valence-corrected chi connectivity index (χ1v) is 13.5. The molecule has 0 bridgehead atoms. The van der Waals surface area contributed by atoms with E-state index in [9.17, 15) is 18.0 Å². The van der Waals surface area contributed by atoms with Crippen LogP contribution in [-0.2, 0) is 17.9 Å². The highest BCUT2D eigenvalue weighted by Crippen LogP contribution is 2.47. The van der Waals surface area contributed by atoms with Gasteiger partial charge in [-0.15, -0.1) is 0 Å². The van der Waals surface area contributed by atoms with Crippen molar-refractivity contribution in [2.24, 2.45) is 5.92 Å². The van der Waals surface area contributed by atoms with E-state index < -0.39 is 12.7 Å². The first-order chi connectivity index (χ1) is 19.2. The molecule has 1 saturated heterocycles. The Morgan fingerprint density at radius 3 is 2.62 bits per heavy atom. The maximum absolute atomic E-state index is 13.7. The van der Waals surface area contributed by atoms with Crippen molar-refractivity contribution < 1.29 is 22.5 Å². The lowest BCUT2D eigenvalue weighted by Crippen LogP contribution is -2.36. The lowest BCUT2D eigenvalue weighted by atomic mass is 10.0. The second-order valence-electron chi connectivity index (χ2n) is 10.8. The molecule has 2 fully saturated rings. The van der Waals surface area contributed by atoms with Crippen molar-refractivity contribution in [3.8, 4) is 11.5 Å². The van der Waals surface area contributed by atoms with E-state index in [-0.39, 0.29) is 47.7 Å². The van der Waals surface area contributed by atoms with Crippen molar-refractivity contribution in [3.05, 3.63) is 66.1 Å². The SMILES string of the molecule is CN1CCC(Nc2cccc3c2cc(-c2noc(CNC(=O)[C@@H]4CC4c4ccccc4)n2)n3CC(F)(F)F)CC1. The molecule has 1 aliphatic heterocycles. The van der Waals surface area contributed by atoms with E-state index in [1.165, 1.54) is 4.57 Å². The van der Waals surface area contributed by atoms with E-state index in [0.717, 1.165) is 43.6 Å². The summed E-state index contributed by atoms with van der Waals surface area (Å²) in [6.45, 7) is 0.743. The van der Waals surface area contributed by atoms with Crippen LogP contribution in [0.1, 0.15) is 36.6 Å². The van der Waals surface area contributed by atoms with Gasteiger partial charge < -0.3 is 24.6 Å². The first-order valence-electron chi connectivity index (χ1n) is 13.5. The molecule has 0 radical (unpaired) electrons. The zero-order valence-corrected chi connectivity index (χ0v) is 22.1. The number of benzene rings is 2. The standard InChI is InChI=1S/C29H31F3N6O2/c1-37-12-10-19(11-13-37)34-23-8-5-9-24-22(23)15-25(38(24)17-29(30,31)32)27-35-26(40-36-27)16-33-28(39)21-14-20(21)18-6-3-2-4-7-18/h2-9,15,19-21,34H,10-14,16-17H2,1H3,(H,33,39)/t20?,21-/m1/s1. The molecular weight excluding hydrogens is 521 g/mol. The molecule has 1 amide bonds. The van der Waals surface area contributed by atoms with Gasteiger partial charge in [0, 0.05) is 23.0 Å². The summed E-state index contributed by atoms with van der Waals surface area (Å²) in [5, 5.41) is 11.0. The van der Waals surface area contributed by atoms with E-state index in [1.54, 1.807) is 18.2 Å². The number of carbonyl (C=O) groups is 1. The van der Waals surface area contributed by atoms with Crippen LogP contribution >= 0.6 is 0 Å². The normalized spacial score (nSPS) is 20.1. The Balaban J connectivity index is 1.21. The molecule has 2 atom stereocenters. The minimum Gasteiger partial charge on any atom is -0.382 e. The van der Waals surface area contributed by atoms with Gasteiger partial charge in [0.15, 0.2) is 0 Å². The minimum atomic E-state index is -4.45. The summed E-state index contributed by atoms with van der Waals surface area (Å²) < 4.78 is 47.5. The van der Waals surface area contributed by atoms with Gasteiger partial charge in [0.1, 0.15) is 6.54 Å². The molecule has 6 rings (SSSR count). The number of aromatic nitrogens is 3. The molecule has 2 aromatic carbocycles. The molecule has 2 aromatic heterocycles. The predicted octanol–water partition coefficient (Wildman–Crippen LogP) is 5.18. The van der Waals surface area contributed by atoms with Crippen LogP contribution in [0.4, 0.5) is 18.9 Å². The van der Waals surface area contributed by atoms with Gasteiger partial charge in [-0.05, 0) is 69.1 Å². The number of rotatable bonds is 8. The lowest BCUT2D eigenvalue weighted by Gasteiger charge is -2.30. The molecule has 210 valence electrons. The number of hydrogen-bond acceptors (Lipinski definition) is 6. The van der Waals surface area contributed by atoms with E-state index in [4.69, 9.17) is 4.52 Å². The third-order valence-corrected chi connectivity index (χ3v) is 7.83. The van der Waals surface area contributed by atoms with E-state index >= 15 is 0 Å². The maximum atomic E-state index is 13.7. The molecule has 3 heterocycles. The third kappa shape index (κ3) is 5.70. The van der Waals surface area contributed by atoms with Gasteiger partial charge in [-0.25, -0.2) is 0 Å². The fourth-order valence-electron chi connectivity index (χ4n) is 5.60. The topological polar surface area (TPSA) is 88.2 Å². The molecule has 40 heavy (non-hydrogen) atoms. The molecule has 1 saturated carbocycles. The average molecular weight is 553 g/mol. The number of likely N-dealkylation sites (tertiary alicyclic amines) is 1. The summed E-state index contributed by atoms with van der Waals surface area (Å²) in [6, 6.07) is 17.1. The summed E-state index contributed by atoms with van der Waals surface area (Å²) >= 11 is 0. The van der Waals surface area contributed by atoms with E-state index in [1.807, 2.05) is 36.4 Å². The van der Waals surface area contributed by atoms with Crippen LogP contribution in [0.3, 0.4) is 0 Å². The van der Waals surface area contributed by atoms with E-state index in [0.29, 0.717) is 10.9 Å². The fraction of sp³-hybridized carbons (Fsp3) is 0.414. The summed E-state index contributed by atoms with van der Waals surface area (Å²) in [6.07, 6.45) is -1.76. The number of amides is 1.